The van der Waals surface area contributed by atoms with Crippen molar-refractivity contribution < 1.29 is 14.7 Å². The van der Waals surface area contributed by atoms with Crippen LogP contribution in [0.25, 0.3) is 5.76 Å². The molecular weight excluding hydrogens is 420 g/mol. The number of amides is 1. The van der Waals surface area contributed by atoms with Crippen LogP contribution in [0.3, 0.4) is 0 Å². The topological polar surface area (TPSA) is 70.5 Å². The van der Waals surface area contributed by atoms with Crippen LogP contribution in [0.5, 0.6) is 0 Å². The summed E-state index contributed by atoms with van der Waals surface area (Å²) in [5.41, 5.74) is 1.55. The molecular formula is C22H15BrN2O3. The van der Waals surface area contributed by atoms with Crippen molar-refractivity contribution in [3.8, 4) is 0 Å². The number of aliphatic hydroxyl groups excluding tert-OH is 1. The minimum Gasteiger partial charge on any atom is -0.507 e. The van der Waals surface area contributed by atoms with Gasteiger partial charge in [-0.3, -0.25) is 19.5 Å². The largest absolute Gasteiger partial charge is 0.507 e. The van der Waals surface area contributed by atoms with E-state index in [-0.39, 0.29) is 11.3 Å². The second-order valence-corrected chi connectivity index (χ2v) is 7.18. The van der Waals surface area contributed by atoms with Gasteiger partial charge in [-0.15, -0.1) is 0 Å². The van der Waals surface area contributed by atoms with Crippen LogP contribution in [0, 0.1) is 0 Å². The van der Waals surface area contributed by atoms with Crippen LogP contribution in [-0.2, 0) is 9.59 Å². The number of Topliss-reactive ketones (excluding diaryl/α,β-unsaturated/α-hetero) is 1. The predicted octanol–water partition coefficient (Wildman–Crippen LogP) is 4.47. The number of anilines is 1. The van der Waals surface area contributed by atoms with Crippen LogP contribution in [0.15, 0.2) is 89.0 Å². The number of hydrogen-bond donors (Lipinski definition) is 1. The summed E-state index contributed by atoms with van der Waals surface area (Å²) in [6.45, 7) is 0. The molecule has 1 aliphatic rings. The van der Waals surface area contributed by atoms with Crippen molar-refractivity contribution in [2.24, 2.45) is 0 Å². The predicted molar refractivity (Wildman–Crippen MR) is 110 cm³/mol. The van der Waals surface area contributed by atoms with Crippen LogP contribution < -0.4 is 4.90 Å². The van der Waals surface area contributed by atoms with E-state index in [1.807, 2.05) is 6.07 Å². The van der Waals surface area contributed by atoms with Crippen LogP contribution >= 0.6 is 15.9 Å². The van der Waals surface area contributed by atoms with E-state index in [9.17, 15) is 14.7 Å². The first kappa shape index (κ1) is 18.1. The van der Waals surface area contributed by atoms with Gasteiger partial charge in [-0.2, -0.15) is 0 Å². The average molecular weight is 435 g/mol. The Morgan fingerprint density at radius 3 is 2.25 bits per heavy atom. The lowest BCUT2D eigenvalue weighted by atomic mass is 9.98. The summed E-state index contributed by atoms with van der Waals surface area (Å²) in [6.07, 6.45) is 1.60. The van der Waals surface area contributed by atoms with Crippen LogP contribution in [-0.4, -0.2) is 21.8 Å². The molecule has 1 N–H and O–H groups in total. The van der Waals surface area contributed by atoms with E-state index in [1.165, 1.54) is 4.90 Å². The number of benzene rings is 2. The Morgan fingerprint density at radius 1 is 0.929 bits per heavy atom. The number of nitrogens with zero attached hydrogens (tertiary/aromatic N) is 2. The first-order valence-electron chi connectivity index (χ1n) is 8.61. The van der Waals surface area contributed by atoms with Gasteiger partial charge in [-0.05, 0) is 36.4 Å². The molecule has 5 nitrogen and oxygen atoms in total. The molecule has 1 atom stereocenters. The molecule has 2 aromatic carbocycles. The number of aromatic nitrogens is 1. The molecule has 0 spiro atoms. The summed E-state index contributed by atoms with van der Waals surface area (Å²) in [7, 11) is 0. The zero-order valence-corrected chi connectivity index (χ0v) is 16.2. The summed E-state index contributed by atoms with van der Waals surface area (Å²) in [5, 5.41) is 10.9. The number of carbonyl (C=O) groups excluding carboxylic acids is 2. The van der Waals surface area contributed by atoms with Gasteiger partial charge in [0.25, 0.3) is 11.7 Å². The summed E-state index contributed by atoms with van der Waals surface area (Å²) in [5.74, 6) is -1.65. The normalized spacial score (nSPS) is 18.5. The van der Waals surface area contributed by atoms with E-state index < -0.39 is 17.7 Å². The third-order valence-electron chi connectivity index (χ3n) is 4.56. The molecule has 138 valence electrons. The van der Waals surface area contributed by atoms with Crippen molar-refractivity contribution in [2.75, 3.05) is 4.90 Å². The number of halogens is 1. The fraction of sp³-hybridized carbons (Fsp3) is 0.0455. The molecule has 1 fully saturated rings. The molecule has 0 aliphatic carbocycles. The van der Waals surface area contributed by atoms with Crippen LogP contribution in [0.4, 0.5) is 5.69 Å². The van der Waals surface area contributed by atoms with Gasteiger partial charge in [0, 0.05) is 21.9 Å². The molecule has 1 unspecified atom stereocenters. The lowest BCUT2D eigenvalue weighted by Crippen LogP contribution is -2.29. The molecule has 3 aromatic rings. The van der Waals surface area contributed by atoms with E-state index >= 15 is 0 Å². The molecule has 0 radical (unpaired) electrons. The highest BCUT2D eigenvalue weighted by molar-refractivity contribution is 9.10. The Balaban J connectivity index is 1.94. The number of aliphatic hydroxyl groups is 1. The highest BCUT2D eigenvalue weighted by Gasteiger charge is 2.47. The molecule has 4 rings (SSSR count). The minimum atomic E-state index is -0.813. The van der Waals surface area contributed by atoms with Gasteiger partial charge >= 0.3 is 0 Å². The van der Waals surface area contributed by atoms with E-state index in [0.717, 1.165) is 4.47 Å². The van der Waals surface area contributed by atoms with Crippen LogP contribution in [0.1, 0.15) is 17.3 Å². The molecule has 6 heteroatoms. The summed E-state index contributed by atoms with van der Waals surface area (Å²) >= 11 is 3.35. The Labute approximate surface area is 170 Å². The summed E-state index contributed by atoms with van der Waals surface area (Å²) < 4.78 is 0.843. The number of rotatable bonds is 3. The highest BCUT2D eigenvalue weighted by atomic mass is 79.9. The van der Waals surface area contributed by atoms with Gasteiger partial charge in [-0.1, -0.05) is 52.3 Å². The molecule has 0 bridgehead atoms. The van der Waals surface area contributed by atoms with Crippen molar-refractivity contribution >= 4 is 39.1 Å². The number of hydrogen-bond acceptors (Lipinski definition) is 4. The quantitative estimate of drug-likeness (QED) is 0.375. The highest BCUT2D eigenvalue weighted by Crippen LogP contribution is 2.41. The third-order valence-corrected chi connectivity index (χ3v) is 5.09. The number of pyridine rings is 1. The molecule has 1 saturated heterocycles. The monoisotopic (exact) mass is 434 g/mol. The van der Waals surface area contributed by atoms with Crippen molar-refractivity contribution in [1.82, 2.24) is 4.98 Å². The SMILES string of the molecule is O=C1C(=O)N(c2ccccc2)C(c2ccccn2)/C1=C(/O)c1ccc(Br)cc1. The molecule has 1 aromatic heterocycles. The summed E-state index contributed by atoms with van der Waals surface area (Å²) in [6, 6.07) is 20.3. The Morgan fingerprint density at radius 2 is 1.61 bits per heavy atom. The standard InChI is InChI=1S/C22H15BrN2O3/c23-15-11-9-14(10-12-15)20(26)18-19(17-8-4-5-13-24-17)25(22(28)21(18)27)16-6-2-1-3-7-16/h1-13,19,26H/b20-18-. The minimum absolute atomic E-state index is 0.0230. The first-order valence-corrected chi connectivity index (χ1v) is 9.40. The van der Waals surface area contributed by atoms with Gasteiger partial charge in [0.2, 0.25) is 0 Å². The lowest BCUT2D eigenvalue weighted by Gasteiger charge is -2.24. The van der Waals surface area contributed by atoms with Gasteiger partial charge in [-0.25, -0.2) is 0 Å². The summed E-state index contributed by atoms with van der Waals surface area (Å²) in [4.78, 5) is 31.5. The van der Waals surface area contributed by atoms with Gasteiger partial charge < -0.3 is 5.11 Å². The van der Waals surface area contributed by atoms with Gasteiger partial charge in [0.1, 0.15) is 11.8 Å². The Kier molecular flexibility index (Phi) is 4.79. The maximum Gasteiger partial charge on any atom is 0.300 e. The fourth-order valence-corrected chi connectivity index (χ4v) is 3.53. The number of ketones is 1. The van der Waals surface area contributed by atoms with Crippen LogP contribution in [0.2, 0.25) is 0 Å². The fourth-order valence-electron chi connectivity index (χ4n) is 3.27. The molecule has 2 heterocycles. The lowest BCUT2D eigenvalue weighted by molar-refractivity contribution is -0.132. The average Bonchev–Trinajstić information content (AvgIpc) is 3.00. The molecule has 0 saturated carbocycles. The molecule has 1 amide bonds. The van der Waals surface area contributed by atoms with Crippen molar-refractivity contribution in [1.29, 1.82) is 0 Å². The molecule has 1 aliphatic heterocycles. The van der Waals surface area contributed by atoms with Gasteiger partial charge in [0.15, 0.2) is 0 Å². The van der Waals surface area contributed by atoms with E-state index in [0.29, 0.717) is 16.9 Å². The first-order chi connectivity index (χ1) is 13.6. The second-order valence-electron chi connectivity index (χ2n) is 6.27. The maximum atomic E-state index is 12.9. The van der Waals surface area contributed by atoms with E-state index in [4.69, 9.17) is 0 Å². The van der Waals surface area contributed by atoms with E-state index in [2.05, 4.69) is 20.9 Å². The Bertz CT molecular complexity index is 1060. The Hall–Kier alpha value is -3.25. The number of carbonyl (C=O) groups is 2. The van der Waals surface area contributed by atoms with E-state index in [1.54, 1.807) is 72.9 Å². The van der Waals surface area contributed by atoms with Gasteiger partial charge in [0.05, 0.1) is 11.3 Å². The van der Waals surface area contributed by atoms with Crippen molar-refractivity contribution in [3.63, 3.8) is 0 Å². The zero-order chi connectivity index (χ0) is 19.7. The third kappa shape index (κ3) is 3.12. The number of para-hydroxylation sites is 1. The van der Waals surface area contributed by atoms with Crippen molar-refractivity contribution in [2.45, 2.75) is 6.04 Å². The maximum absolute atomic E-state index is 12.9. The second kappa shape index (κ2) is 7.40. The molecule has 28 heavy (non-hydrogen) atoms. The van der Waals surface area contributed by atoms with Crippen molar-refractivity contribution in [3.05, 3.63) is 100 Å². The zero-order valence-electron chi connectivity index (χ0n) is 14.6. The smallest absolute Gasteiger partial charge is 0.300 e.